The molecule has 1 amide bonds. The Balaban J connectivity index is 1.50. The molecular weight excluding hydrogens is 511 g/mol. The second-order valence-corrected chi connectivity index (χ2v) is 9.10. The Morgan fingerprint density at radius 2 is 2.03 bits per heavy atom. The van der Waals surface area contributed by atoms with E-state index >= 15 is 0 Å². The molecule has 9 nitrogen and oxygen atoms in total. The Kier molecular flexibility index (Phi) is 7.17. The van der Waals surface area contributed by atoms with Gasteiger partial charge in [0.1, 0.15) is 5.75 Å². The molecule has 2 N–H and O–H groups in total. The maximum atomic E-state index is 14.5. The van der Waals surface area contributed by atoms with Crippen molar-refractivity contribution in [1.29, 1.82) is 0 Å². The minimum Gasteiger partial charge on any atom is -0.494 e. The molecule has 1 aliphatic heterocycles. The zero-order valence-electron chi connectivity index (χ0n) is 20.9. The molecule has 4 aromatic rings. The fourth-order valence-corrected chi connectivity index (χ4v) is 4.61. The van der Waals surface area contributed by atoms with E-state index in [1.165, 1.54) is 19.4 Å². The molecule has 1 fully saturated rings. The molecule has 0 radical (unpaired) electrons. The van der Waals surface area contributed by atoms with Gasteiger partial charge in [0.05, 0.1) is 54.1 Å². The summed E-state index contributed by atoms with van der Waals surface area (Å²) in [7, 11) is 3.39. The van der Waals surface area contributed by atoms with Gasteiger partial charge in [0.2, 0.25) is 11.9 Å². The number of benzene rings is 2. The number of halogens is 2. The summed E-state index contributed by atoms with van der Waals surface area (Å²) in [5.74, 6) is -0.775. The number of morpholine rings is 1. The molecule has 38 heavy (non-hydrogen) atoms. The van der Waals surface area contributed by atoms with Crippen LogP contribution in [-0.2, 0) is 16.6 Å². The number of amides is 1. The van der Waals surface area contributed by atoms with Crippen molar-refractivity contribution in [2.45, 2.75) is 0 Å². The highest BCUT2D eigenvalue weighted by Crippen LogP contribution is 2.37. The number of ether oxygens (including phenoxy) is 2. The standard InChI is InChI=1S/C27H26ClFN6O3/c1-4-25(36)31-21-13-22(24(37-3)12-20(21)29)32-27-30-14-19(28)26(33-27)18-15-34(2)23-11-16(5-6-17(18)23)35-7-9-38-10-8-35/h4-6,11-15H,1,7-10H2,2-3H3,(H,31,36)(H,30,32,33). The highest BCUT2D eigenvalue weighted by atomic mass is 35.5. The molecular formula is C27H26ClFN6O3. The lowest BCUT2D eigenvalue weighted by molar-refractivity contribution is -0.111. The van der Waals surface area contributed by atoms with Crippen LogP contribution in [0.4, 0.5) is 27.4 Å². The number of hydrogen-bond donors (Lipinski definition) is 2. The third kappa shape index (κ3) is 5.00. The van der Waals surface area contributed by atoms with E-state index in [4.69, 9.17) is 21.1 Å². The van der Waals surface area contributed by atoms with Gasteiger partial charge in [0, 0.05) is 49.0 Å². The molecule has 5 rings (SSSR count). The van der Waals surface area contributed by atoms with E-state index in [-0.39, 0.29) is 17.4 Å². The van der Waals surface area contributed by atoms with E-state index in [9.17, 15) is 9.18 Å². The van der Waals surface area contributed by atoms with Crippen LogP contribution >= 0.6 is 11.6 Å². The van der Waals surface area contributed by atoms with Crippen molar-refractivity contribution in [1.82, 2.24) is 14.5 Å². The first-order valence-electron chi connectivity index (χ1n) is 11.9. The minimum absolute atomic E-state index is 0.0440. The van der Waals surface area contributed by atoms with Crippen molar-refractivity contribution in [3.8, 4) is 17.0 Å². The van der Waals surface area contributed by atoms with E-state index in [1.807, 2.05) is 17.8 Å². The third-order valence-corrected chi connectivity index (χ3v) is 6.61. The molecule has 196 valence electrons. The minimum atomic E-state index is -0.660. The zero-order chi connectivity index (χ0) is 26.8. The molecule has 0 bridgehead atoms. The first-order valence-corrected chi connectivity index (χ1v) is 12.3. The van der Waals surface area contributed by atoms with E-state index < -0.39 is 11.7 Å². The van der Waals surface area contributed by atoms with E-state index in [1.54, 1.807) is 0 Å². The second kappa shape index (κ2) is 10.7. The van der Waals surface area contributed by atoms with Gasteiger partial charge in [0.25, 0.3) is 0 Å². The van der Waals surface area contributed by atoms with Crippen LogP contribution in [0.25, 0.3) is 22.2 Å². The number of carbonyl (C=O) groups excluding carboxylic acids is 1. The van der Waals surface area contributed by atoms with Gasteiger partial charge >= 0.3 is 0 Å². The van der Waals surface area contributed by atoms with E-state index in [2.05, 4.69) is 50.3 Å². The Labute approximate surface area is 223 Å². The quantitative estimate of drug-likeness (QED) is 0.316. The van der Waals surface area contributed by atoms with Crippen LogP contribution in [0.3, 0.4) is 0 Å². The second-order valence-electron chi connectivity index (χ2n) is 8.70. The molecule has 0 saturated carbocycles. The summed E-state index contributed by atoms with van der Waals surface area (Å²) in [4.78, 5) is 23.0. The first-order chi connectivity index (χ1) is 18.4. The molecule has 11 heteroatoms. The highest BCUT2D eigenvalue weighted by Gasteiger charge is 2.19. The Morgan fingerprint density at radius 1 is 1.24 bits per heavy atom. The summed E-state index contributed by atoms with van der Waals surface area (Å²) < 4.78 is 27.3. The fourth-order valence-electron chi connectivity index (χ4n) is 4.42. The van der Waals surface area contributed by atoms with Gasteiger partial charge in [-0.1, -0.05) is 24.2 Å². The van der Waals surface area contributed by atoms with Gasteiger partial charge in [0.15, 0.2) is 5.82 Å². The lowest BCUT2D eigenvalue weighted by Gasteiger charge is -2.29. The number of carbonyl (C=O) groups is 1. The number of rotatable bonds is 7. The van der Waals surface area contributed by atoms with Gasteiger partial charge in [-0.05, 0) is 24.3 Å². The third-order valence-electron chi connectivity index (χ3n) is 6.33. The Bertz CT molecular complexity index is 1530. The average Bonchev–Trinajstić information content (AvgIpc) is 3.27. The number of methoxy groups -OCH3 is 1. The molecule has 0 unspecified atom stereocenters. The zero-order valence-corrected chi connectivity index (χ0v) is 21.7. The van der Waals surface area contributed by atoms with Crippen LogP contribution in [0, 0.1) is 5.82 Å². The van der Waals surface area contributed by atoms with Crippen LogP contribution in [0.2, 0.25) is 5.02 Å². The summed E-state index contributed by atoms with van der Waals surface area (Å²) >= 11 is 6.56. The molecule has 1 saturated heterocycles. The van der Waals surface area contributed by atoms with Crippen molar-refractivity contribution in [3.05, 3.63) is 66.2 Å². The normalized spacial score (nSPS) is 13.4. The maximum absolute atomic E-state index is 14.5. The summed E-state index contributed by atoms with van der Waals surface area (Å²) in [6, 6.07) is 8.88. The van der Waals surface area contributed by atoms with E-state index in [0.29, 0.717) is 29.6 Å². The number of nitrogens with one attached hydrogen (secondary N) is 2. The van der Waals surface area contributed by atoms with Crippen LogP contribution in [0.5, 0.6) is 5.75 Å². The lowest BCUT2D eigenvalue weighted by Crippen LogP contribution is -2.36. The highest BCUT2D eigenvalue weighted by molar-refractivity contribution is 6.33. The van der Waals surface area contributed by atoms with Crippen molar-refractivity contribution < 1.29 is 18.7 Å². The van der Waals surface area contributed by atoms with Crippen molar-refractivity contribution in [3.63, 3.8) is 0 Å². The predicted molar refractivity (Wildman–Crippen MR) is 147 cm³/mol. The molecule has 1 aliphatic rings. The average molecular weight is 537 g/mol. The molecule has 2 aromatic heterocycles. The SMILES string of the molecule is C=CC(=O)Nc1cc(Nc2ncc(Cl)c(-c3cn(C)c4cc(N5CCOCC5)ccc34)n2)c(OC)cc1F. The lowest BCUT2D eigenvalue weighted by atomic mass is 10.1. The number of anilines is 4. The number of aromatic nitrogens is 3. The largest absolute Gasteiger partial charge is 0.494 e. The molecule has 0 spiro atoms. The van der Waals surface area contributed by atoms with Crippen molar-refractivity contribution in [2.24, 2.45) is 7.05 Å². The Morgan fingerprint density at radius 3 is 2.76 bits per heavy atom. The van der Waals surface area contributed by atoms with Gasteiger partial charge in [-0.25, -0.2) is 14.4 Å². The monoisotopic (exact) mass is 536 g/mol. The summed E-state index contributed by atoms with van der Waals surface area (Å²) in [6.45, 7) is 6.51. The number of aryl methyl sites for hydroxylation is 1. The van der Waals surface area contributed by atoms with Gasteiger partial charge in [-0.3, -0.25) is 4.79 Å². The van der Waals surface area contributed by atoms with Crippen LogP contribution < -0.4 is 20.3 Å². The van der Waals surface area contributed by atoms with Crippen molar-refractivity contribution in [2.75, 3.05) is 48.9 Å². The van der Waals surface area contributed by atoms with E-state index in [0.717, 1.165) is 47.4 Å². The number of nitrogens with zero attached hydrogens (tertiary/aromatic N) is 4. The first kappa shape index (κ1) is 25.5. The van der Waals surface area contributed by atoms with Crippen LogP contribution in [-0.4, -0.2) is 53.9 Å². The summed E-state index contributed by atoms with van der Waals surface area (Å²) in [6.07, 6.45) is 4.54. The summed E-state index contributed by atoms with van der Waals surface area (Å²) in [5, 5.41) is 6.85. The predicted octanol–water partition coefficient (Wildman–Crippen LogP) is 5.14. The molecule has 0 aliphatic carbocycles. The topological polar surface area (TPSA) is 93.5 Å². The number of hydrogen-bond acceptors (Lipinski definition) is 7. The molecule has 2 aromatic carbocycles. The molecule has 3 heterocycles. The fraction of sp³-hybridized carbons (Fsp3) is 0.222. The van der Waals surface area contributed by atoms with Crippen LogP contribution in [0.1, 0.15) is 0 Å². The van der Waals surface area contributed by atoms with Gasteiger partial charge < -0.3 is 29.6 Å². The van der Waals surface area contributed by atoms with Gasteiger partial charge in [-0.2, -0.15) is 0 Å². The molecule has 0 atom stereocenters. The van der Waals surface area contributed by atoms with Crippen LogP contribution in [0.15, 0.2) is 55.4 Å². The smallest absolute Gasteiger partial charge is 0.247 e. The Hall–Kier alpha value is -4.15. The van der Waals surface area contributed by atoms with Crippen molar-refractivity contribution >= 4 is 51.4 Å². The maximum Gasteiger partial charge on any atom is 0.247 e. The number of fused-ring (bicyclic) bond motifs is 1. The summed E-state index contributed by atoms with van der Waals surface area (Å²) in [5.41, 5.74) is 3.86. The van der Waals surface area contributed by atoms with Gasteiger partial charge in [-0.15, -0.1) is 0 Å².